The van der Waals surface area contributed by atoms with E-state index in [0.29, 0.717) is 11.5 Å². The van der Waals surface area contributed by atoms with Crippen LogP contribution in [0.25, 0.3) is 5.82 Å². The van der Waals surface area contributed by atoms with Crippen LogP contribution >= 0.6 is 11.6 Å². The first-order valence-electron chi connectivity index (χ1n) is 7.18. The fourth-order valence-corrected chi connectivity index (χ4v) is 2.46. The van der Waals surface area contributed by atoms with Crippen LogP contribution < -0.4 is 5.32 Å². The molecular formula is C16H12ClN5O3. The zero-order chi connectivity index (χ0) is 18.0. The van der Waals surface area contributed by atoms with Gasteiger partial charge in [-0.05, 0) is 31.2 Å². The fourth-order valence-electron chi connectivity index (χ4n) is 2.29. The molecule has 9 heteroatoms. The van der Waals surface area contributed by atoms with Crippen LogP contribution in [0.4, 0.5) is 11.4 Å². The lowest BCUT2D eigenvalue weighted by Gasteiger charge is -2.07. The molecule has 3 rings (SSSR count). The topological polar surface area (TPSA) is 103 Å². The third kappa shape index (κ3) is 3.33. The normalized spacial score (nSPS) is 10.5. The van der Waals surface area contributed by atoms with Crippen molar-refractivity contribution in [2.75, 3.05) is 5.32 Å². The molecule has 0 fully saturated rings. The third-order valence-electron chi connectivity index (χ3n) is 3.53. The van der Waals surface area contributed by atoms with E-state index < -0.39 is 10.8 Å². The lowest BCUT2D eigenvalue weighted by Crippen LogP contribution is -2.14. The maximum Gasteiger partial charge on any atom is 0.294 e. The number of nitrogens with one attached hydrogen (secondary N) is 1. The number of rotatable bonds is 4. The monoisotopic (exact) mass is 357 g/mol. The summed E-state index contributed by atoms with van der Waals surface area (Å²) in [4.78, 5) is 27.2. The van der Waals surface area contributed by atoms with Gasteiger partial charge in [0.2, 0.25) is 0 Å². The number of carbonyl (C=O) groups excluding carboxylic acids is 1. The second-order valence-electron chi connectivity index (χ2n) is 5.12. The first-order valence-corrected chi connectivity index (χ1v) is 7.56. The van der Waals surface area contributed by atoms with E-state index in [0.717, 1.165) is 0 Å². The highest BCUT2D eigenvalue weighted by molar-refractivity contribution is 6.31. The highest BCUT2D eigenvalue weighted by Gasteiger charge is 2.20. The molecule has 0 saturated heterocycles. The number of nitro benzene ring substituents is 1. The molecule has 1 amide bonds. The number of amides is 1. The molecule has 0 aliphatic rings. The second-order valence-corrected chi connectivity index (χ2v) is 5.55. The molecule has 0 radical (unpaired) electrons. The summed E-state index contributed by atoms with van der Waals surface area (Å²) in [6.07, 6.45) is 3.01. The molecule has 2 heterocycles. The number of hydrogen-bond donors (Lipinski definition) is 1. The lowest BCUT2D eigenvalue weighted by molar-refractivity contribution is -0.383. The van der Waals surface area contributed by atoms with Gasteiger partial charge in [0, 0.05) is 17.3 Å². The summed E-state index contributed by atoms with van der Waals surface area (Å²) < 4.78 is 1.52. The van der Waals surface area contributed by atoms with Crippen LogP contribution in [-0.4, -0.2) is 25.6 Å². The van der Waals surface area contributed by atoms with Gasteiger partial charge in [0.05, 0.1) is 22.4 Å². The van der Waals surface area contributed by atoms with E-state index >= 15 is 0 Å². The van der Waals surface area contributed by atoms with E-state index in [4.69, 9.17) is 11.6 Å². The smallest absolute Gasteiger partial charge is 0.294 e. The van der Waals surface area contributed by atoms with Gasteiger partial charge in [-0.3, -0.25) is 14.9 Å². The Balaban J connectivity index is 1.91. The van der Waals surface area contributed by atoms with Gasteiger partial charge >= 0.3 is 0 Å². The summed E-state index contributed by atoms with van der Waals surface area (Å²) in [5.74, 6) is 0.0571. The van der Waals surface area contributed by atoms with Crippen LogP contribution in [0.5, 0.6) is 0 Å². The van der Waals surface area contributed by atoms with Gasteiger partial charge in [0.1, 0.15) is 5.69 Å². The van der Waals surface area contributed by atoms with E-state index in [1.54, 1.807) is 31.3 Å². The highest BCUT2D eigenvalue weighted by atomic mass is 35.5. The molecule has 8 nitrogen and oxygen atoms in total. The minimum atomic E-state index is -0.605. The van der Waals surface area contributed by atoms with E-state index in [1.165, 1.54) is 29.1 Å². The van der Waals surface area contributed by atoms with Gasteiger partial charge in [0.15, 0.2) is 5.82 Å². The second kappa shape index (κ2) is 6.70. The van der Waals surface area contributed by atoms with E-state index in [2.05, 4.69) is 15.4 Å². The van der Waals surface area contributed by atoms with Gasteiger partial charge < -0.3 is 5.32 Å². The maximum atomic E-state index is 12.5. The summed E-state index contributed by atoms with van der Waals surface area (Å²) in [6.45, 7) is 1.72. The average Bonchev–Trinajstić information content (AvgIpc) is 2.98. The van der Waals surface area contributed by atoms with Crippen molar-refractivity contribution in [3.8, 4) is 5.82 Å². The molecule has 0 unspecified atom stereocenters. The molecule has 0 aliphatic heterocycles. The predicted octanol–water partition coefficient (Wildman–Crippen LogP) is 3.39. The summed E-state index contributed by atoms with van der Waals surface area (Å²) in [6, 6.07) is 9.37. The van der Waals surface area contributed by atoms with Gasteiger partial charge in [-0.25, -0.2) is 9.67 Å². The number of aromatic nitrogens is 3. The third-order valence-corrected chi connectivity index (χ3v) is 3.76. The van der Waals surface area contributed by atoms with Gasteiger partial charge in [-0.15, -0.1) is 0 Å². The van der Waals surface area contributed by atoms with Gasteiger partial charge in [0.25, 0.3) is 11.6 Å². The molecule has 0 atom stereocenters. The minimum absolute atomic E-state index is 0.0596. The quantitative estimate of drug-likeness (QED) is 0.569. The van der Waals surface area contributed by atoms with Crippen molar-refractivity contribution in [1.29, 1.82) is 0 Å². The molecule has 0 bridgehead atoms. The standard InChI is InChI=1S/C16H12ClN5O3/c1-10-12(9-19-21(10)15-4-2-3-7-18-15)16(23)20-13-6-5-11(17)8-14(13)22(24)25/h2-9H,1H3,(H,20,23). The summed E-state index contributed by atoms with van der Waals surface area (Å²) >= 11 is 5.77. The first-order chi connectivity index (χ1) is 12.0. The largest absolute Gasteiger partial charge is 0.316 e. The predicted molar refractivity (Wildman–Crippen MR) is 92.2 cm³/mol. The SMILES string of the molecule is Cc1c(C(=O)Nc2ccc(Cl)cc2[N+](=O)[O-])cnn1-c1ccccn1. The van der Waals surface area contributed by atoms with Crippen molar-refractivity contribution in [2.24, 2.45) is 0 Å². The Morgan fingerprint density at radius 3 is 2.80 bits per heavy atom. The Hall–Kier alpha value is -3.26. The van der Waals surface area contributed by atoms with Gasteiger partial charge in [-0.1, -0.05) is 17.7 Å². The molecule has 1 aromatic carbocycles. The van der Waals surface area contributed by atoms with Crippen molar-refractivity contribution in [1.82, 2.24) is 14.8 Å². The average molecular weight is 358 g/mol. The van der Waals surface area contributed by atoms with Gasteiger partial charge in [-0.2, -0.15) is 5.10 Å². The number of benzene rings is 1. The first kappa shape index (κ1) is 16.6. The Morgan fingerprint density at radius 1 is 1.32 bits per heavy atom. The molecular weight excluding hydrogens is 346 g/mol. The Kier molecular flexibility index (Phi) is 4.44. The number of nitro groups is 1. The van der Waals surface area contributed by atoms with Crippen molar-refractivity contribution in [2.45, 2.75) is 6.92 Å². The van der Waals surface area contributed by atoms with Crippen LogP contribution in [-0.2, 0) is 0 Å². The lowest BCUT2D eigenvalue weighted by atomic mass is 10.2. The zero-order valence-electron chi connectivity index (χ0n) is 13.0. The molecule has 126 valence electrons. The molecule has 0 saturated carbocycles. The van der Waals surface area contributed by atoms with Crippen LogP contribution in [0.2, 0.25) is 5.02 Å². The van der Waals surface area contributed by atoms with Crippen molar-refractivity contribution >= 4 is 28.9 Å². The number of anilines is 1. The number of carbonyl (C=O) groups is 1. The Morgan fingerprint density at radius 2 is 2.12 bits per heavy atom. The number of nitrogens with zero attached hydrogens (tertiary/aromatic N) is 4. The number of halogens is 1. The molecule has 0 aliphatic carbocycles. The highest BCUT2D eigenvalue weighted by Crippen LogP contribution is 2.28. The van der Waals surface area contributed by atoms with Crippen molar-refractivity contribution in [3.05, 3.63) is 75.2 Å². The molecule has 1 N–H and O–H groups in total. The number of pyridine rings is 1. The maximum absolute atomic E-state index is 12.5. The van der Waals surface area contributed by atoms with Crippen molar-refractivity contribution in [3.63, 3.8) is 0 Å². The van der Waals surface area contributed by atoms with Crippen LogP contribution in [0, 0.1) is 17.0 Å². The number of hydrogen-bond acceptors (Lipinski definition) is 5. The van der Waals surface area contributed by atoms with Crippen molar-refractivity contribution < 1.29 is 9.72 Å². The molecule has 0 spiro atoms. The van der Waals surface area contributed by atoms with E-state index in [1.807, 2.05) is 0 Å². The summed E-state index contributed by atoms with van der Waals surface area (Å²) in [7, 11) is 0. The summed E-state index contributed by atoms with van der Waals surface area (Å²) in [5.41, 5.74) is 0.628. The molecule has 25 heavy (non-hydrogen) atoms. The van der Waals surface area contributed by atoms with Crippen LogP contribution in [0.3, 0.4) is 0 Å². The molecule has 2 aromatic heterocycles. The van der Waals surface area contributed by atoms with Crippen LogP contribution in [0.15, 0.2) is 48.8 Å². The summed E-state index contributed by atoms with van der Waals surface area (Å²) in [5, 5.41) is 18.0. The zero-order valence-corrected chi connectivity index (χ0v) is 13.8. The Bertz CT molecular complexity index is 956. The minimum Gasteiger partial charge on any atom is -0.316 e. The van der Waals surface area contributed by atoms with E-state index in [-0.39, 0.29) is 22.0 Å². The van der Waals surface area contributed by atoms with E-state index in [9.17, 15) is 14.9 Å². The molecule has 3 aromatic rings. The van der Waals surface area contributed by atoms with Crippen LogP contribution in [0.1, 0.15) is 16.1 Å². The Labute approximate surface area is 147 Å². The fraction of sp³-hybridized carbons (Fsp3) is 0.0625.